The monoisotopic (exact) mass is 604 g/mol. The van der Waals surface area contributed by atoms with Crippen molar-refractivity contribution in [2.45, 2.75) is 32.7 Å². The minimum atomic E-state index is -0.711. The first-order chi connectivity index (χ1) is 21.2. The standard InChI is InChI=1S/C34H28N4O5S/c1-20(2)22-13-15-23(16-14-22)31-30(32(39)36-24-9-5-4-6-10-24)21(3)35-34-37(31)33(40)29(44-34)19-25-17-18-28(43-25)26-11-7-8-12-27(26)38(41)42/h4-20,31H,1-3H3,(H,36,39)/b29-19-. The molecule has 3 heterocycles. The Morgan fingerprint density at radius 1 is 1.02 bits per heavy atom. The molecule has 3 aromatic carbocycles. The van der Waals surface area contributed by atoms with Crippen molar-refractivity contribution in [2.24, 2.45) is 4.99 Å². The maximum Gasteiger partial charge on any atom is 0.280 e. The number of nitro groups is 1. The van der Waals surface area contributed by atoms with E-state index in [4.69, 9.17) is 9.41 Å². The van der Waals surface area contributed by atoms with Crippen molar-refractivity contribution in [3.8, 4) is 11.3 Å². The quantitative estimate of drug-likeness (QED) is 0.176. The molecule has 0 saturated heterocycles. The topological polar surface area (TPSA) is 120 Å². The second kappa shape index (κ2) is 11.7. The number of furan rings is 1. The van der Waals surface area contributed by atoms with E-state index in [0.717, 1.165) is 11.1 Å². The molecule has 10 heteroatoms. The summed E-state index contributed by atoms with van der Waals surface area (Å²) in [7, 11) is 0. The fourth-order valence-electron chi connectivity index (χ4n) is 5.26. The van der Waals surface area contributed by atoms with E-state index in [1.165, 1.54) is 17.4 Å². The van der Waals surface area contributed by atoms with Crippen molar-refractivity contribution in [2.75, 3.05) is 5.32 Å². The minimum absolute atomic E-state index is 0.0759. The molecule has 1 aliphatic rings. The number of nitrogens with one attached hydrogen (secondary N) is 1. The first-order valence-corrected chi connectivity index (χ1v) is 14.9. The summed E-state index contributed by atoms with van der Waals surface area (Å²) in [4.78, 5) is 44.0. The Bertz CT molecular complexity index is 2100. The van der Waals surface area contributed by atoms with E-state index in [2.05, 4.69) is 19.2 Å². The van der Waals surface area contributed by atoms with E-state index in [9.17, 15) is 19.7 Å². The number of hydrogen-bond acceptors (Lipinski definition) is 7. The van der Waals surface area contributed by atoms with Gasteiger partial charge >= 0.3 is 0 Å². The second-order valence-electron chi connectivity index (χ2n) is 10.7. The Kier molecular flexibility index (Phi) is 7.67. The number of allylic oxidation sites excluding steroid dienone is 1. The molecule has 1 amide bonds. The van der Waals surface area contributed by atoms with Crippen LogP contribution in [-0.4, -0.2) is 15.4 Å². The summed E-state index contributed by atoms with van der Waals surface area (Å²) >= 11 is 1.19. The number of benzene rings is 3. The number of rotatable bonds is 7. The van der Waals surface area contributed by atoms with Crippen molar-refractivity contribution in [1.29, 1.82) is 0 Å². The number of thiazole rings is 1. The van der Waals surface area contributed by atoms with Gasteiger partial charge in [-0.05, 0) is 54.3 Å². The van der Waals surface area contributed by atoms with Gasteiger partial charge in [-0.2, -0.15) is 0 Å². The van der Waals surface area contributed by atoms with E-state index >= 15 is 0 Å². The molecule has 1 aliphatic heterocycles. The molecule has 0 bridgehead atoms. The van der Waals surface area contributed by atoms with Gasteiger partial charge in [-0.25, -0.2) is 4.99 Å². The molecule has 2 aromatic heterocycles. The number of aromatic nitrogens is 1. The normalized spacial score (nSPS) is 14.8. The molecule has 6 rings (SSSR count). The Balaban J connectivity index is 1.45. The molecular weight excluding hydrogens is 576 g/mol. The highest BCUT2D eigenvalue weighted by Crippen LogP contribution is 2.33. The second-order valence-corrected chi connectivity index (χ2v) is 11.7. The average molecular weight is 605 g/mol. The summed E-state index contributed by atoms with van der Waals surface area (Å²) in [5.41, 5.74) is 3.39. The Labute approximate surface area is 256 Å². The number of amides is 1. The number of nitrogens with zero attached hydrogens (tertiary/aromatic N) is 3. The number of carbonyl (C=O) groups excluding carboxylic acids is 1. The molecule has 1 atom stereocenters. The highest BCUT2D eigenvalue weighted by Gasteiger charge is 2.32. The third-order valence-corrected chi connectivity index (χ3v) is 8.47. The van der Waals surface area contributed by atoms with E-state index in [1.54, 1.807) is 60.0 Å². The van der Waals surface area contributed by atoms with Gasteiger partial charge in [0.2, 0.25) is 0 Å². The zero-order valence-electron chi connectivity index (χ0n) is 24.2. The van der Waals surface area contributed by atoms with Crippen LogP contribution in [0.2, 0.25) is 0 Å². The van der Waals surface area contributed by atoms with Gasteiger partial charge < -0.3 is 9.73 Å². The van der Waals surface area contributed by atoms with Crippen molar-refractivity contribution < 1.29 is 14.1 Å². The van der Waals surface area contributed by atoms with Crippen molar-refractivity contribution >= 4 is 34.7 Å². The molecule has 0 fully saturated rings. The molecule has 0 spiro atoms. The van der Waals surface area contributed by atoms with Gasteiger partial charge in [0.05, 0.1) is 32.3 Å². The number of nitro benzene ring substituents is 1. The molecule has 5 aromatic rings. The summed E-state index contributed by atoms with van der Waals surface area (Å²) in [6, 6.07) is 26.0. The van der Waals surface area contributed by atoms with Crippen molar-refractivity contribution in [3.05, 3.63) is 149 Å². The number of anilines is 1. The van der Waals surface area contributed by atoms with Crippen LogP contribution < -0.4 is 20.2 Å². The van der Waals surface area contributed by atoms with Gasteiger partial charge in [0.15, 0.2) is 4.80 Å². The predicted octanol–water partition coefficient (Wildman–Crippen LogP) is 6.17. The molecule has 0 saturated carbocycles. The van der Waals surface area contributed by atoms with Crippen LogP contribution in [0.5, 0.6) is 0 Å². The van der Waals surface area contributed by atoms with Gasteiger partial charge in [-0.15, -0.1) is 0 Å². The summed E-state index contributed by atoms with van der Waals surface area (Å²) in [6.07, 6.45) is 1.60. The lowest BCUT2D eigenvalue weighted by Crippen LogP contribution is -2.40. The van der Waals surface area contributed by atoms with Crippen molar-refractivity contribution in [1.82, 2.24) is 4.57 Å². The Hall–Kier alpha value is -5.35. The lowest BCUT2D eigenvalue weighted by Gasteiger charge is -2.25. The summed E-state index contributed by atoms with van der Waals surface area (Å²) in [6.45, 7) is 5.99. The number of carbonyl (C=O) groups is 1. The maximum absolute atomic E-state index is 14.0. The molecule has 0 radical (unpaired) electrons. The lowest BCUT2D eigenvalue weighted by atomic mass is 9.93. The highest BCUT2D eigenvalue weighted by molar-refractivity contribution is 7.07. The SMILES string of the molecule is CC1=C(C(=O)Nc2ccccc2)C(c2ccc(C(C)C)cc2)n2c(s/c(=C\c3ccc(-c4ccccc4[N+](=O)[O-])o3)c2=O)=N1. The fraction of sp³-hybridized carbons (Fsp3) is 0.147. The predicted molar refractivity (Wildman–Crippen MR) is 170 cm³/mol. The minimum Gasteiger partial charge on any atom is -0.456 e. The van der Waals surface area contributed by atoms with E-state index < -0.39 is 11.0 Å². The van der Waals surface area contributed by atoms with Gasteiger partial charge in [0.1, 0.15) is 11.5 Å². The van der Waals surface area contributed by atoms with Gasteiger partial charge in [-0.3, -0.25) is 24.3 Å². The number of hydrogen-bond donors (Lipinski definition) is 1. The number of para-hydroxylation sites is 2. The van der Waals surface area contributed by atoms with E-state index in [0.29, 0.717) is 49.3 Å². The molecule has 0 aliphatic carbocycles. The zero-order valence-corrected chi connectivity index (χ0v) is 25.0. The number of fused-ring (bicyclic) bond motifs is 1. The van der Waals surface area contributed by atoms with Crippen LogP contribution in [-0.2, 0) is 4.79 Å². The summed E-state index contributed by atoms with van der Waals surface area (Å²) in [5, 5.41) is 14.5. The lowest BCUT2D eigenvalue weighted by molar-refractivity contribution is -0.384. The molecule has 44 heavy (non-hydrogen) atoms. The van der Waals surface area contributed by atoms with Crippen LogP contribution in [0.15, 0.2) is 116 Å². The van der Waals surface area contributed by atoms with Gasteiger partial charge in [-0.1, -0.05) is 79.8 Å². The van der Waals surface area contributed by atoms with Crippen molar-refractivity contribution in [3.63, 3.8) is 0 Å². The highest BCUT2D eigenvalue weighted by atomic mass is 32.1. The van der Waals surface area contributed by atoms with Crippen LogP contribution in [0.1, 0.15) is 49.6 Å². The summed E-state index contributed by atoms with van der Waals surface area (Å²) in [5.74, 6) is 0.652. The molecule has 1 N–H and O–H groups in total. The van der Waals surface area contributed by atoms with E-state index in [1.807, 2.05) is 42.5 Å². The largest absolute Gasteiger partial charge is 0.456 e. The van der Waals surface area contributed by atoms with Crippen LogP contribution in [0.3, 0.4) is 0 Å². The smallest absolute Gasteiger partial charge is 0.280 e. The molecule has 9 nitrogen and oxygen atoms in total. The van der Waals surface area contributed by atoms with E-state index in [-0.39, 0.29) is 17.2 Å². The maximum atomic E-state index is 14.0. The third kappa shape index (κ3) is 5.43. The Morgan fingerprint density at radius 2 is 1.73 bits per heavy atom. The molecule has 1 unspecified atom stereocenters. The average Bonchev–Trinajstić information content (AvgIpc) is 3.60. The summed E-state index contributed by atoms with van der Waals surface area (Å²) < 4.78 is 7.85. The molecule has 220 valence electrons. The molecular formula is C34H28N4O5S. The Morgan fingerprint density at radius 3 is 2.43 bits per heavy atom. The van der Waals surface area contributed by atoms with Gasteiger partial charge in [0, 0.05) is 17.8 Å². The fourth-order valence-corrected chi connectivity index (χ4v) is 6.28. The van der Waals surface area contributed by atoms with Crippen LogP contribution in [0, 0.1) is 10.1 Å². The first kappa shape index (κ1) is 28.8. The van der Waals surface area contributed by atoms with Crippen LogP contribution in [0.4, 0.5) is 11.4 Å². The van der Waals surface area contributed by atoms with Gasteiger partial charge in [0.25, 0.3) is 17.2 Å². The first-order valence-electron chi connectivity index (χ1n) is 14.0. The van der Waals surface area contributed by atoms with Crippen LogP contribution >= 0.6 is 11.3 Å². The zero-order chi connectivity index (χ0) is 31.0. The van der Waals surface area contributed by atoms with Crippen LogP contribution in [0.25, 0.3) is 17.4 Å². The third-order valence-electron chi connectivity index (χ3n) is 7.48.